The first-order chi connectivity index (χ1) is 14.3. The van der Waals surface area contributed by atoms with Gasteiger partial charge in [-0.3, -0.25) is 4.99 Å². The lowest BCUT2D eigenvalue weighted by Crippen LogP contribution is -2.45. The van der Waals surface area contributed by atoms with Crippen molar-refractivity contribution in [3.05, 3.63) is 28.2 Å². The Balaban J connectivity index is 1.95. The molecule has 2 heterocycles. The van der Waals surface area contributed by atoms with Gasteiger partial charge in [0.1, 0.15) is 6.73 Å². The molecule has 3 atom stereocenters. The summed E-state index contributed by atoms with van der Waals surface area (Å²) in [4.78, 5) is 20.9. The van der Waals surface area contributed by atoms with Crippen molar-refractivity contribution in [2.45, 2.75) is 55.7 Å². The molecule has 0 bridgehead atoms. The van der Waals surface area contributed by atoms with Crippen LogP contribution in [0.2, 0.25) is 25.7 Å². The molecule has 2 aliphatic rings. The number of thioether (sulfide) groups is 1. The van der Waals surface area contributed by atoms with Gasteiger partial charge in [0.15, 0.2) is 5.17 Å². The molecule has 1 aromatic rings. The van der Waals surface area contributed by atoms with Crippen molar-refractivity contribution < 1.29 is 27.8 Å². The number of aromatic nitrogens is 1. The zero-order valence-electron chi connectivity index (χ0n) is 17.7. The predicted octanol–water partition coefficient (Wildman–Crippen LogP) is 5.62. The van der Waals surface area contributed by atoms with Gasteiger partial charge in [0, 0.05) is 36.8 Å². The smallest absolute Gasteiger partial charge is 0.415 e. The number of pyridine rings is 1. The van der Waals surface area contributed by atoms with E-state index in [-0.39, 0.29) is 23.9 Å². The fourth-order valence-electron chi connectivity index (χ4n) is 3.67. The number of aliphatic imine (C=N–C) groups is 1. The topological polar surface area (TPSA) is 75.0 Å². The molecular formula is C19H25BrF3N3O3SSi. The molecule has 1 aromatic heterocycles. The molecule has 0 radical (unpaired) electrons. The number of fused-ring (bicyclic) bond motifs is 1. The van der Waals surface area contributed by atoms with Crippen LogP contribution >= 0.6 is 27.7 Å². The summed E-state index contributed by atoms with van der Waals surface area (Å²) in [5, 5.41) is 9.61. The minimum atomic E-state index is -2.72. The maximum absolute atomic E-state index is 14.6. The van der Waals surface area contributed by atoms with E-state index < -0.39 is 42.7 Å². The molecule has 3 rings (SSSR count). The highest BCUT2D eigenvalue weighted by molar-refractivity contribution is 9.10. The molecule has 1 aliphatic carbocycles. The van der Waals surface area contributed by atoms with Gasteiger partial charge in [-0.1, -0.05) is 31.4 Å². The second kappa shape index (κ2) is 8.68. The lowest BCUT2D eigenvalue weighted by atomic mass is 9.87. The molecule has 0 spiro atoms. The van der Waals surface area contributed by atoms with E-state index in [2.05, 4.69) is 45.5 Å². The van der Waals surface area contributed by atoms with Gasteiger partial charge in [0.25, 0.3) is 6.43 Å². The van der Waals surface area contributed by atoms with E-state index in [0.717, 1.165) is 22.7 Å². The van der Waals surface area contributed by atoms with Crippen molar-refractivity contribution in [2.24, 2.45) is 10.9 Å². The number of amides is 1. The van der Waals surface area contributed by atoms with Gasteiger partial charge in [-0.2, -0.15) is 4.39 Å². The quantitative estimate of drug-likeness (QED) is 0.210. The van der Waals surface area contributed by atoms with Crippen molar-refractivity contribution >= 4 is 47.0 Å². The average Bonchev–Trinajstić information content (AvgIpc) is 3.39. The first kappa shape index (κ1) is 24.5. The summed E-state index contributed by atoms with van der Waals surface area (Å²) < 4.78 is 47.3. The van der Waals surface area contributed by atoms with Gasteiger partial charge in [-0.15, -0.1) is 0 Å². The van der Waals surface area contributed by atoms with E-state index in [1.807, 2.05) is 0 Å². The van der Waals surface area contributed by atoms with E-state index in [0.29, 0.717) is 11.1 Å². The van der Waals surface area contributed by atoms with Gasteiger partial charge < -0.3 is 9.84 Å². The number of hydrogen-bond acceptors (Lipinski definition) is 5. The van der Waals surface area contributed by atoms with Crippen LogP contribution in [-0.4, -0.2) is 58.8 Å². The molecule has 0 saturated heterocycles. The van der Waals surface area contributed by atoms with E-state index >= 15 is 0 Å². The first-order valence-corrected chi connectivity index (χ1v) is 15.1. The fraction of sp³-hybridized carbons (Fsp3) is 0.632. The van der Waals surface area contributed by atoms with Crippen LogP contribution in [0.3, 0.4) is 0 Å². The molecular weight excluding hydrogens is 515 g/mol. The Bertz CT molecular complexity index is 904. The second-order valence-corrected chi connectivity index (χ2v) is 17.1. The molecule has 6 nitrogen and oxygen atoms in total. The van der Waals surface area contributed by atoms with Gasteiger partial charge in [-0.25, -0.2) is 23.5 Å². The summed E-state index contributed by atoms with van der Waals surface area (Å²) in [5.74, 6) is -1.47. The Labute approximate surface area is 192 Å². The number of rotatable bonds is 7. The molecule has 0 unspecified atom stereocenters. The Kier molecular flexibility index (Phi) is 6.86. The highest BCUT2D eigenvalue weighted by Crippen LogP contribution is 2.68. The van der Waals surface area contributed by atoms with Gasteiger partial charge >= 0.3 is 6.09 Å². The maximum Gasteiger partial charge on any atom is 0.415 e. The average molecular weight is 540 g/mol. The third-order valence-electron chi connectivity index (χ3n) is 5.64. The van der Waals surface area contributed by atoms with Crippen LogP contribution in [0.15, 0.2) is 21.7 Å². The Morgan fingerprint density at radius 1 is 1.48 bits per heavy atom. The third-order valence-corrected chi connectivity index (χ3v) is 9.28. The molecule has 1 amide bonds. The van der Waals surface area contributed by atoms with E-state index in [4.69, 9.17) is 4.74 Å². The molecule has 0 aromatic carbocycles. The number of hydrogen-bond donors (Lipinski definition) is 1. The Morgan fingerprint density at radius 3 is 2.74 bits per heavy atom. The molecule has 1 N–H and O–H groups in total. The van der Waals surface area contributed by atoms with Gasteiger partial charge in [0.2, 0.25) is 5.95 Å². The summed E-state index contributed by atoms with van der Waals surface area (Å²) >= 11 is 3.98. The van der Waals surface area contributed by atoms with Crippen LogP contribution in [0.1, 0.15) is 18.9 Å². The number of halogens is 4. The number of carbonyl (C=O) groups is 1. The van der Waals surface area contributed by atoms with E-state index in [1.54, 1.807) is 6.92 Å². The van der Waals surface area contributed by atoms with E-state index in [1.165, 1.54) is 12.3 Å². The maximum atomic E-state index is 14.6. The SMILES string of the molecule is C[C@]1(c2cc(Br)cnc2F)N=C(N(COCC[Si](C)(C)C)C(=O)O)S[C@@]2(C(F)F)C[C@@H]12. The van der Waals surface area contributed by atoms with Crippen molar-refractivity contribution in [1.29, 1.82) is 0 Å². The monoisotopic (exact) mass is 539 g/mol. The van der Waals surface area contributed by atoms with Crippen LogP contribution in [0, 0.1) is 11.9 Å². The van der Waals surface area contributed by atoms with Crippen molar-refractivity contribution in [3.8, 4) is 0 Å². The molecule has 1 saturated carbocycles. The lowest BCUT2D eigenvalue weighted by Gasteiger charge is -2.36. The van der Waals surface area contributed by atoms with Crippen molar-refractivity contribution in [3.63, 3.8) is 0 Å². The first-order valence-electron chi connectivity index (χ1n) is 9.77. The standard InChI is InChI=1S/C19H25BrF3N3O3SSi/c1-18(12-7-11(20)9-24-14(12)21)13-8-19(13,15(22)23)30-16(25-18)26(17(27)28)10-29-5-6-31(2,3)4/h7,9,13,15H,5-6,8,10H2,1-4H3,(H,27,28)/t13-,18+,19-/m0/s1. The molecule has 12 heteroatoms. The van der Waals surface area contributed by atoms with Crippen molar-refractivity contribution in [1.82, 2.24) is 9.88 Å². The number of amidine groups is 1. The molecule has 172 valence electrons. The van der Waals surface area contributed by atoms with Crippen LogP contribution in [-0.2, 0) is 10.3 Å². The Morgan fingerprint density at radius 2 is 2.16 bits per heavy atom. The third kappa shape index (κ3) is 4.96. The molecule has 31 heavy (non-hydrogen) atoms. The zero-order valence-corrected chi connectivity index (χ0v) is 21.1. The Hall–Kier alpha value is -1.11. The minimum absolute atomic E-state index is 0.0530. The van der Waals surface area contributed by atoms with Crippen molar-refractivity contribution in [2.75, 3.05) is 13.3 Å². The highest BCUT2D eigenvalue weighted by Gasteiger charge is 2.72. The van der Waals surface area contributed by atoms with Crippen LogP contribution in [0.4, 0.5) is 18.0 Å². The number of carboxylic acid groups (broad SMARTS) is 1. The predicted molar refractivity (Wildman–Crippen MR) is 120 cm³/mol. The van der Waals surface area contributed by atoms with Gasteiger partial charge in [-0.05, 0) is 41.4 Å². The summed E-state index contributed by atoms with van der Waals surface area (Å²) in [5.41, 5.74) is -1.33. The minimum Gasteiger partial charge on any atom is -0.465 e. The van der Waals surface area contributed by atoms with Crippen LogP contribution in [0.25, 0.3) is 0 Å². The van der Waals surface area contributed by atoms with E-state index in [9.17, 15) is 23.1 Å². The van der Waals surface area contributed by atoms with Crippen LogP contribution < -0.4 is 0 Å². The lowest BCUT2D eigenvalue weighted by molar-refractivity contribution is 0.0696. The summed E-state index contributed by atoms with van der Waals surface area (Å²) in [6.45, 7) is 8.08. The molecule has 1 fully saturated rings. The number of ether oxygens (including phenoxy) is 1. The van der Waals surface area contributed by atoms with Gasteiger partial charge in [0.05, 0.1) is 10.3 Å². The number of alkyl halides is 2. The van der Waals surface area contributed by atoms with Crippen LogP contribution in [0.5, 0.6) is 0 Å². The normalized spacial score (nSPS) is 27.6. The number of nitrogens with zero attached hydrogens (tertiary/aromatic N) is 3. The summed E-state index contributed by atoms with van der Waals surface area (Å²) in [6, 6.07) is 2.29. The zero-order chi connectivity index (χ0) is 23.2. The summed E-state index contributed by atoms with van der Waals surface area (Å²) in [7, 11) is -1.38. The second-order valence-electron chi connectivity index (χ2n) is 9.21. The fourth-order valence-corrected chi connectivity index (χ4v) is 6.28. The molecule has 1 aliphatic heterocycles. The summed E-state index contributed by atoms with van der Waals surface area (Å²) in [6.07, 6.45) is -2.72. The highest BCUT2D eigenvalue weighted by atomic mass is 79.9. The largest absolute Gasteiger partial charge is 0.465 e.